The van der Waals surface area contributed by atoms with Crippen LogP contribution in [0.3, 0.4) is 0 Å². The standard InChI is InChI=1S/C13H15F2N3O4/c1-2-22-10-4-3-8(18(19)20)5-9(10)12-13(14,15)7-21-6-11(16)17-12/h3-5,12H,2,6-7H2,1H3,(H2,16,17). The zero-order valence-electron chi connectivity index (χ0n) is 11.8. The van der Waals surface area contributed by atoms with Crippen LogP contribution in [0, 0.1) is 10.1 Å². The molecule has 9 heteroatoms. The zero-order chi connectivity index (χ0) is 16.3. The molecular weight excluding hydrogens is 300 g/mol. The summed E-state index contributed by atoms with van der Waals surface area (Å²) >= 11 is 0. The summed E-state index contributed by atoms with van der Waals surface area (Å²) in [6.45, 7) is 0.803. The minimum absolute atomic E-state index is 0.0884. The average Bonchev–Trinajstić information content (AvgIpc) is 2.57. The quantitative estimate of drug-likeness (QED) is 0.677. The van der Waals surface area contributed by atoms with Crippen molar-refractivity contribution in [1.82, 2.24) is 0 Å². The maximum atomic E-state index is 14.2. The van der Waals surface area contributed by atoms with Crippen LogP contribution in [0.2, 0.25) is 0 Å². The molecule has 1 unspecified atom stereocenters. The molecule has 2 N–H and O–H groups in total. The van der Waals surface area contributed by atoms with Gasteiger partial charge >= 0.3 is 0 Å². The third-order valence-corrected chi connectivity index (χ3v) is 3.04. The van der Waals surface area contributed by atoms with Crippen molar-refractivity contribution in [3.8, 4) is 5.75 Å². The molecule has 0 aromatic heterocycles. The maximum absolute atomic E-state index is 14.2. The Hall–Kier alpha value is -2.29. The highest BCUT2D eigenvalue weighted by atomic mass is 19.3. The molecule has 0 saturated carbocycles. The molecule has 1 atom stereocenters. The number of amidine groups is 1. The molecule has 1 aliphatic rings. The molecular formula is C13H15F2N3O4. The first-order valence-electron chi connectivity index (χ1n) is 6.54. The lowest BCUT2D eigenvalue weighted by atomic mass is 9.99. The SMILES string of the molecule is CCOc1ccc([N+](=O)[O-])cc1C1N=C(N)COCC1(F)F. The normalized spacial score (nSPS) is 20.9. The van der Waals surface area contributed by atoms with E-state index in [4.69, 9.17) is 15.2 Å². The van der Waals surface area contributed by atoms with E-state index in [9.17, 15) is 18.9 Å². The number of nitro benzene ring substituents is 1. The number of hydrogen-bond acceptors (Lipinski definition) is 6. The fraction of sp³-hybridized carbons (Fsp3) is 0.462. The van der Waals surface area contributed by atoms with Crippen LogP contribution in [0.4, 0.5) is 14.5 Å². The second kappa shape index (κ2) is 6.22. The number of nitrogens with two attached hydrogens (primary N) is 1. The summed E-state index contributed by atoms with van der Waals surface area (Å²) in [5.41, 5.74) is 5.11. The fourth-order valence-corrected chi connectivity index (χ4v) is 2.12. The van der Waals surface area contributed by atoms with Crippen molar-refractivity contribution in [2.45, 2.75) is 18.9 Å². The average molecular weight is 315 g/mol. The summed E-state index contributed by atoms with van der Waals surface area (Å²) in [5.74, 6) is -3.35. The summed E-state index contributed by atoms with van der Waals surface area (Å²) < 4.78 is 38.5. The Balaban J connectivity index is 2.57. The van der Waals surface area contributed by atoms with E-state index in [1.807, 2.05) is 0 Å². The number of hydrogen-bond donors (Lipinski definition) is 1. The van der Waals surface area contributed by atoms with Crippen LogP contribution in [0.25, 0.3) is 0 Å². The summed E-state index contributed by atoms with van der Waals surface area (Å²) in [6, 6.07) is 1.81. The van der Waals surface area contributed by atoms with Gasteiger partial charge in [0.25, 0.3) is 11.6 Å². The number of nitrogens with zero attached hydrogens (tertiary/aromatic N) is 2. The monoisotopic (exact) mass is 315 g/mol. The van der Waals surface area contributed by atoms with Crippen LogP contribution in [-0.2, 0) is 4.74 Å². The number of aliphatic imine (C=N–C) groups is 1. The van der Waals surface area contributed by atoms with Crippen molar-refractivity contribution in [2.24, 2.45) is 10.7 Å². The first kappa shape index (κ1) is 16.1. The van der Waals surface area contributed by atoms with Crippen LogP contribution in [0.5, 0.6) is 5.75 Å². The minimum Gasteiger partial charge on any atom is -0.494 e. The summed E-state index contributed by atoms with van der Waals surface area (Å²) in [4.78, 5) is 14.0. The van der Waals surface area contributed by atoms with E-state index < -0.39 is 23.5 Å². The first-order valence-corrected chi connectivity index (χ1v) is 6.54. The van der Waals surface area contributed by atoms with Crippen molar-refractivity contribution < 1.29 is 23.2 Å². The number of ether oxygens (including phenoxy) is 2. The van der Waals surface area contributed by atoms with Gasteiger partial charge in [-0.05, 0) is 13.0 Å². The van der Waals surface area contributed by atoms with Gasteiger partial charge in [0.15, 0.2) is 0 Å². The largest absolute Gasteiger partial charge is 0.494 e. The van der Waals surface area contributed by atoms with Crippen molar-refractivity contribution in [2.75, 3.05) is 19.8 Å². The van der Waals surface area contributed by atoms with Crippen LogP contribution in [-0.4, -0.2) is 36.5 Å². The number of alkyl halides is 2. The van der Waals surface area contributed by atoms with Crippen molar-refractivity contribution in [3.63, 3.8) is 0 Å². The number of nitro groups is 1. The second-order valence-electron chi connectivity index (χ2n) is 4.69. The lowest BCUT2D eigenvalue weighted by Gasteiger charge is -2.23. The Morgan fingerprint density at radius 1 is 1.59 bits per heavy atom. The molecule has 0 bridgehead atoms. The lowest BCUT2D eigenvalue weighted by molar-refractivity contribution is -0.385. The second-order valence-corrected chi connectivity index (χ2v) is 4.69. The van der Waals surface area contributed by atoms with E-state index >= 15 is 0 Å². The molecule has 120 valence electrons. The van der Waals surface area contributed by atoms with Crippen LogP contribution in [0.1, 0.15) is 18.5 Å². The van der Waals surface area contributed by atoms with Gasteiger partial charge in [0.2, 0.25) is 0 Å². The van der Waals surface area contributed by atoms with E-state index in [1.54, 1.807) is 6.92 Å². The van der Waals surface area contributed by atoms with Crippen LogP contribution < -0.4 is 10.5 Å². The minimum atomic E-state index is -3.36. The van der Waals surface area contributed by atoms with Gasteiger partial charge < -0.3 is 15.2 Å². The molecule has 1 aromatic carbocycles. The van der Waals surface area contributed by atoms with Gasteiger partial charge in [0, 0.05) is 17.7 Å². The molecule has 0 saturated heterocycles. The number of benzene rings is 1. The Morgan fingerprint density at radius 2 is 2.32 bits per heavy atom. The van der Waals surface area contributed by atoms with Gasteiger partial charge in [-0.2, -0.15) is 0 Å². The predicted molar refractivity (Wildman–Crippen MR) is 74.4 cm³/mol. The lowest BCUT2D eigenvalue weighted by Crippen LogP contribution is -2.30. The Kier molecular flexibility index (Phi) is 4.55. The fourth-order valence-electron chi connectivity index (χ4n) is 2.12. The molecule has 1 aromatic rings. The van der Waals surface area contributed by atoms with Crippen molar-refractivity contribution in [3.05, 3.63) is 33.9 Å². The molecule has 0 fully saturated rings. The number of non-ortho nitro benzene ring substituents is 1. The summed E-state index contributed by atoms with van der Waals surface area (Å²) in [6.07, 6.45) is 0. The Morgan fingerprint density at radius 3 is 2.95 bits per heavy atom. The molecule has 0 aliphatic carbocycles. The molecule has 0 spiro atoms. The molecule has 7 nitrogen and oxygen atoms in total. The smallest absolute Gasteiger partial charge is 0.297 e. The number of halogens is 2. The van der Waals surface area contributed by atoms with E-state index in [0.717, 1.165) is 6.07 Å². The van der Waals surface area contributed by atoms with Gasteiger partial charge in [0.05, 0.1) is 11.5 Å². The zero-order valence-corrected chi connectivity index (χ0v) is 11.8. The van der Waals surface area contributed by atoms with Gasteiger partial charge in [-0.3, -0.25) is 15.1 Å². The highest BCUT2D eigenvalue weighted by molar-refractivity contribution is 5.82. The molecule has 22 heavy (non-hydrogen) atoms. The third kappa shape index (κ3) is 3.30. The van der Waals surface area contributed by atoms with Gasteiger partial charge in [-0.25, -0.2) is 8.78 Å². The summed E-state index contributed by atoms with van der Waals surface area (Å²) in [5, 5.41) is 10.9. The molecule has 1 heterocycles. The third-order valence-electron chi connectivity index (χ3n) is 3.04. The Labute approximate surface area is 124 Å². The number of rotatable bonds is 4. The molecule has 0 amide bonds. The van der Waals surface area contributed by atoms with Gasteiger partial charge in [-0.15, -0.1) is 0 Å². The van der Waals surface area contributed by atoms with Crippen LogP contribution >= 0.6 is 0 Å². The van der Waals surface area contributed by atoms with Crippen molar-refractivity contribution >= 4 is 11.5 Å². The molecule has 1 aliphatic heterocycles. The maximum Gasteiger partial charge on any atom is 0.297 e. The van der Waals surface area contributed by atoms with Crippen LogP contribution in [0.15, 0.2) is 23.2 Å². The molecule has 0 radical (unpaired) electrons. The van der Waals surface area contributed by atoms with E-state index in [1.165, 1.54) is 12.1 Å². The highest BCUT2D eigenvalue weighted by Gasteiger charge is 2.44. The summed E-state index contributed by atoms with van der Waals surface area (Å²) in [7, 11) is 0. The highest BCUT2D eigenvalue weighted by Crippen LogP contribution is 2.41. The van der Waals surface area contributed by atoms with Gasteiger partial charge in [0.1, 0.15) is 30.8 Å². The Bertz CT molecular complexity index is 607. The van der Waals surface area contributed by atoms with E-state index in [2.05, 4.69) is 4.99 Å². The first-order chi connectivity index (χ1) is 10.3. The molecule has 2 rings (SSSR count). The van der Waals surface area contributed by atoms with Crippen molar-refractivity contribution in [1.29, 1.82) is 0 Å². The predicted octanol–water partition coefficient (Wildman–Crippen LogP) is 2.06. The van der Waals surface area contributed by atoms with Gasteiger partial charge in [-0.1, -0.05) is 0 Å². The van der Waals surface area contributed by atoms with E-state index in [0.29, 0.717) is 0 Å². The topological polar surface area (TPSA) is 100.0 Å². The van der Waals surface area contributed by atoms with E-state index in [-0.39, 0.29) is 36.0 Å².